The van der Waals surface area contributed by atoms with Gasteiger partial charge in [0.2, 0.25) is 5.91 Å². The zero-order chi connectivity index (χ0) is 18.4. The largest absolute Gasteiger partial charge is 0.326 e. The van der Waals surface area contributed by atoms with E-state index in [4.69, 9.17) is 16.6 Å². The molecule has 26 heavy (non-hydrogen) atoms. The maximum absolute atomic E-state index is 11.6. The Labute approximate surface area is 158 Å². The van der Waals surface area contributed by atoms with Gasteiger partial charge in [0.05, 0.1) is 17.9 Å². The predicted molar refractivity (Wildman–Crippen MR) is 108 cm³/mol. The lowest BCUT2D eigenvalue weighted by Gasteiger charge is -2.14. The molecule has 1 N–H and O–H groups in total. The van der Waals surface area contributed by atoms with Crippen molar-refractivity contribution in [2.45, 2.75) is 13.5 Å². The molecule has 130 valence electrons. The van der Waals surface area contributed by atoms with E-state index >= 15 is 0 Å². The molecule has 0 aliphatic carbocycles. The standard InChI is InChI=1S/C22H19ClN2O/c1-16(26)25-21-13-12-19(23)14-20(21)22(18-10-6-3-7-11-18)24-15-17-8-4-2-5-9-17/h2-14H,15H2,1H3,(H,25,26). The lowest BCUT2D eigenvalue weighted by molar-refractivity contribution is -0.114. The SMILES string of the molecule is CC(=O)Nc1ccc(Cl)cc1C(=NCc1ccccc1)c1ccccc1. The van der Waals surface area contributed by atoms with Gasteiger partial charge in [-0.3, -0.25) is 9.79 Å². The van der Waals surface area contributed by atoms with Gasteiger partial charge in [-0.25, -0.2) is 0 Å². The number of nitrogens with zero attached hydrogens (tertiary/aromatic N) is 1. The van der Waals surface area contributed by atoms with E-state index in [1.807, 2.05) is 66.7 Å². The Balaban J connectivity index is 2.09. The summed E-state index contributed by atoms with van der Waals surface area (Å²) in [6.07, 6.45) is 0. The van der Waals surface area contributed by atoms with E-state index in [0.717, 1.165) is 22.4 Å². The number of hydrogen-bond donors (Lipinski definition) is 1. The van der Waals surface area contributed by atoms with E-state index < -0.39 is 0 Å². The fourth-order valence-corrected chi connectivity index (χ4v) is 2.86. The van der Waals surface area contributed by atoms with Crippen molar-refractivity contribution >= 4 is 28.9 Å². The van der Waals surface area contributed by atoms with Crippen LogP contribution in [0.1, 0.15) is 23.6 Å². The Bertz CT molecular complexity index is 921. The Morgan fingerprint density at radius 2 is 1.62 bits per heavy atom. The molecule has 0 saturated carbocycles. The van der Waals surface area contributed by atoms with Crippen LogP contribution in [0.4, 0.5) is 5.69 Å². The molecule has 0 spiro atoms. The van der Waals surface area contributed by atoms with Gasteiger partial charge in [0.1, 0.15) is 0 Å². The summed E-state index contributed by atoms with van der Waals surface area (Å²) in [5.41, 5.74) is 4.37. The third-order valence-electron chi connectivity index (χ3n) is 3.86. The molecule has 0 fully saturated rings. The summed E-state index contributed by atoms with van der Waals surface area (Å²) in [4.78, 5) is 16.5. The van der Waals surface area contributed by atoms with E-state index in [-0.39, 0.29) is 5.91 Å². The second-order valence-electron chi connectivity index (χ2n) is 5.89. The molecule has 0 bridgehead atoms. The highest BCUT2D eigenvalue weighted by atomic mass is 35.5. The summed E-state index contributed by atoms with van der Waals surface area (Å²) in [5, 5.41) is 3.47. The van der Waals surface area contributed by atoms with Crippen LogP contribution in [0.25, 0.3) is 0 Å². The number of halogens is 1. The maximum atomic E-state index is 11.6. The minimum Gasteiger partial charge on any atom is -0.326 e. The van der Waals surface area contributed by atoms with Gasteiger partial charge in [-0.15, -0.1) is 0 Å². The van der Waals surface area contributed by atoms with Gasteiger partial charge in [-0.2, -0.15) is 0 Å². The normalized spacial score (nSPS) is 11.2. The molecular formula is C22H19ClN2O. The van der Waals surface area contributed by atoms with Crippen LogP contribution >= 0.6 is 11.6 Å². The van der Waals surface area contributed by atoms with Gasteiger partial charge in [0.15, 0.2) is 0 Å². The third-order valence-corrected chi connectivity index (χ3v) is 4.09. The zero-order valence-corrected chi connectivity index (χ0v) is 15.2. The number of aliphatic imine (C=N–C) groups is 1. The Kier molecular flexibility index (Phi) is 5.82. The van der Waals surface area contributed by atoms with Crippen LogP contribution in [0.2, 0.25) is 5.02 Å². The first-order valence-corrected chi connectivity index (χ1v) is 8.72. The number of carbonyl (C=O) groups excluding carboxylic acids is 1. The van der Waals surface area contributed by atoms with Crippen molar-refractivity contribution in [3.05, 3.63) is 101 Å². The van der Waals surface area contributed by atoms with Gasteiger partial charge < -0.3 is 5.32 Å². The van der Waals surface area contributed by atoms with Crippen molar-refractivity contribution in [1.82, 2.24) is 0 Å². The molecule has 4 heteroatoms. The summed E-state index contributed by atoms with van der Waals surface area (Å²) in [6.45, 7) is 2.03. The highest BCUT2D eigenvalue weighted by Gasteiger charge is 2.13. The number of anilines is 1. The average molecular weight is 363 g/mol. The smallest absolute Gasteiger partial charge is 0.221 e. The van der Waals surface area contributed by atoms with Gasteiger partial charge >= 0.3 is 0 Å². The van der Waals surface area contributed by atoms with Crippen LogP contribution in [0.5, 0.6) is 0 Å². The number of nitrogens with one attached hydrogen (secondary N) is 1. The molecule has 0 aliphatic heterocycles. The lowest BCUT2D eigenvalue weighted by atomic mass is 10.00. The molecule has 0 unspecified atom stereocenters. The van der Waals surface area contributed by atoms with Crippen molar-refractivity contribution < 1.29 is 4.79 Å². The number of carbonyl (C=O) groups is 1. The first-order chi connectivity index (χ1) is 12.6. The van der Waals surface area contributed by atoms with Crippen molar-refractivity contribution in [3.63, 3.8) is 0 Å². The quantitative estimate of drug-likeness (QED) is 0.612. The van der Waals surface area contributed by atoms with Gasteiger partial charge in [-0.05, 0) is 23.8 Å². The molecule has 0 saturated heterocycles. The highest BCUT2D eigenvalue weighted by Crippen LogP contribution is 2.25. The van der Waals surface area contributed by atoms with E-state index in [1.165, 1.54) is 6.92 Å². The second-order valence-corrected chi connectivity index (χ2v) is 6.32. The molecule has 3 nitrogen and oxygen atoms in total. The predicted octanol–water partition coefficient (Wildman–Crippen LogP) is 5.34. The van der Waals surface area contributed by atoms with Crippen LogP contribution in [-0.4, -0.2) is 11.6 Å². The van der Waals surface area contributed by atoms with E-state index in [2.05, 4.69) is 5.32 Å². The van der Waals surface area contributed by atoms with E-state index in [0.29, 0.717) is 17.3 Å². The summed E-state index contributed by atoms with van der Waals surface area (Å²) in [7, 11) is 0. The fraction of sp³-hybridized carbons (Fsp3) is 0.0909. The minimum absolute atomic E-state index is 0.135. The summed E-state index contributed by atoms with van der Waals surface area (Å²) in [6, 6.07) is 25.4. The monoisotopic (exact) mass is 362 g/mol. The van der Waals surface area contributed by atoms with Crippen molar-refractivity contribution in [2.24, 2.45) is 4.99 Å². The highest BCUT2D eigenvalue weighted by molar-refractivity contribution is 6.31. The number of benzene rings is 3. The number of rotatable bonds is 5. The van der Waals surface area contributed by atoms with Crippen molar-refractivity contribution in [3.8, 4) is 0 Å². The molecule has 1 amide bonds. The number of hydrogen-bond acceptors (Lipinski definition) is 2. The van der Waals surface area contributed by atoms with Crippen molar-refractivity contribution in [2.75, 3.05) is 5.32 Å². The van der Waals surface area contributed by atoms with E-state index in [1.54, 1.807) is 12.1 Å². The van der Waals surface area contributed by atoms with E-state index in [9.17, 15) is 4.79 Å². The van der Waals surface area contributed by atoms with Gasteiger partial charge in [0, 0.05) is 23.1 Å². The molecule has 3 aromatic carbocycles. The van der Waals surface area contributed by atoms with Gasteiger partial charge in [0.25, 0.3) is 0 Å². The third kappa shape index (κ3) is 4.58. The molecule has 0 aliphatic rings. The fourth-order valence-electron chi connectivity index (χ4n) is 2.69. The molecule has 3 aromatic rings. The van der Waals surface area contributed by atoms with Crippen LogP contribution in [0.15, 0.2) is 83.9 Å². The minimum atomic E-state index is -0.135. The van der Waals surface area contributed by atoms with Crippen LogP contribution < -0.4 is 5.32 Å². The average Bonchev–Trinajstić information content (AvgIpc) is 2.65. The first kappa shape index (κ1) is 17.9. The summed E-state index contributed by atoms with van der Waals surface area (Å²) in [5.74, 6) is -0.135. The topological polar surface area (TPSA) is 41.5 Å². The Hall–Kier alpha value is -2.91. The van der Waals surface area contributed by atoms with Crippen LogP contribution in [-0.2, 0) is 11.3 Å². The molecular weight excluding hydrogens is 344 g/mol. The van der Waals surface area contributed by atoms with Crippen molar-refractivity contribution in [1.29, 1.82) is 0 Å². The first-order valence-electron chi connectivity index (χ1n) is 8.35. The summed E-state index contributed by atoms with van der Waals surface area (Å²) >= 11 is 6.23. The zero-order valence-electron chi connectivity index (χ0n) is 14.4. The lowest BCUT2D eigenvalue weighted by Crippen LogP contribution is -2.12. The van der Waals surface area contributed by atoms with Crippen LogP contribution in [0, 0.1) is 0 Å². The summed E-state index contributed by atoms with van der Waals surface area (Å²) < 4.78 is 0. The molecule has 0 aromatic heterocycles. The second kappa shape index (κ2) is 8.45. The van der Waals surface area contributed by atoms with Gasteiger partial charge in [-0.1, -0.05) is 72.3 Å². The molecule has 0 heterocycles. The Morgan fingerprint density at radius 3 is 2.27 bits per heavy atom. The molecule has 0 atom stereocenters. The van der Waals surface area contributed by atoms with Crippen LogP contribution in [0.3, 0.4) is 0 Å². The Morgan fingerprint density at radius 1 is 0.962 bits per heavy atom. The molecule has 0 radical (unpaired) electrons. The number of amides is 1. The molecule has 3 rings (SSSR count). The maximum Gasteiger partial charge on any atom is 0.221 e.